The quantitative estimate of drug-likeness (QED) is 0.738. The summed E-state index contributed by atoms with van der Waals surface area (Å²) in [6, 6.07) is 17.4. The van der Waals surface area contributed by atoms with Crippen molar-refractivity contribution in [3.8, 4) is 0 Å². The van der Waals surface area contributed by atoms with Crippen LogP contribution in [0, 0.1) is 6.92 Å². The highest BCUT2D eigenvalue weighted by Gasteiger charge is 2.06. The molecule has 0 aliphatic carbocycles. The van der Waals surface area contributed by atoms with Crippen molar-refractivity contribution in [2.24, 2.45) is 0 Å². The zero-order valence-electron chi connectivity index (χ0n) is 12.8. The van der Waals surface area contributed by atoms with Gasteiger partial charge in [0.05, 0.1) is 0 Å². The zero-order chi connectivity index (χ0) is 14.7. The summed E-state index contributed by atoms with van der Waals surface area (Å²) < 4.78 is 2.32. The lowest BCUT2D eigenvalue weighted by Crippen LogP contribution is -2.12. The van der Waals surface area contributed by atoms with Gasteiger partial charge in [-0.2, -0.15) is 0 Å². The SMILES string of the molecule is CCn1cc(CNCc2ccc(C)cc2)c2ccccc21. The summed E-state index contributed by atoms with van der Waals surface area (Å²) in [6.07, 6.45) is 2.27. The lowest BCUT2D eigenvalue weighted by atomic mass is 10.1. The summed E-state index contributed by atoms with van der Waals surface area (Å²) >= 11 is 0. The summed E-state index contributed by atoms with van der Waals surface area (Å²) in [6.45, 7) is 7.14. The van der Waals surface area contributed by atoms with Gasteiger partial charge in [-0.05, 0) is 31.0 Å². The van der Waals surface area contributed by atoms with E-state index in [0.29, 0.717) is 0 Å². The van der Waals surface area contributed by atoms with E-state index in [4.69, 9.17) is 0 Å². The van der Waals surface area contributed by atoms with Crippen molar-refractivity contribution in [1.82, 2.24) is 9.88 Å². The molecule has 1 N–H and O–H groups in total. The van der Waals surface area contributed by atoms with Gasteiger partial charge in [0.1, 0.15) is 0 Å². The maximum Gasteiger partial charge on any atom is 0.0483 e. The van der Waals surface area contributed by atoms with Crippen molar-refractivity contribution >= 4 is 10.9 Å². The monoisotopic (exact) mass is 278 g/mol. The van der Waals surface area contributed by atoms with Crippen LogP contribution in [0.5, 0.6) is 0 Å². The maximum atomic E-state index is 3.55. The van der Waals surface area contributed by atoms with E-state index in [2.05, 4.69) is 78.5 Å². The fraction of sp³-hybridized carbons (Fsp3) is 0.263. The lowest BCUT2D eigenvalue weighted by molar-refractivity contribution is 0.691. The Bertz CT molecular complexity index is 723. The van der Waals surface area contributed by atoms with Crippen LogP contribution in [0.15, 0.2) is 54.7 Å². The molecule has 108 valence electrons. The van der Waals surface area contributed by atoms with E-state index in [1.54, 1.807) is 0 Å². The van der Waals surface area contributed by atoms with Gasteiger partial charge >= 0.3 is 0 Å². The number of nitrogens with zero attached hydrogens (tertiary/aromatic N) is 1. The molecular formula is C19H22N2. The van der Waals surface area contributed by atoms with Gasteiger partial charge < -0.3 is 9.88 Å². The molecule has 2 aromatic carbocycles. The zero-order valence-corrected chi connectivity index (χ0v) is 12.8. The number of nitrogens with one attached hydrogen (secondary N) is 1. The van der Waals surface area contributed by atoms with Gasteiger partial charge in [0.15, 0.2) is 0 Å². The Morgan fingerprint density at radius 1 is 0.952 bits per heavy atom. The van der Waals surface area contributed by atoms with E-state index in [-0.39, 0.29) is 0 Å². The van der Waals surface area contributed by atoms with Gasteiger partial charge in [0.25, 0.3) is 0 Å². The van der Waals surface area contributed by atoms with Crippen LogP contribution in [0.3, 0.4) is 0 Å². The van der Waals surface area contributed by atoms with Gasteiger partial charge in [-0.15, -0.1) is 0 Å². The number of rotatable bonds is 5. The second kappa shape index (κ2) is 6.15. The molecular weight excluding hydrogens is 256 g/mol. The molecule has 1 heterocycles. The highest BCUT2D eigenvalue weighted by Crippen LogP contribution is 2.21. The average molecular weight is 278 g/mol. The molecule has 0 radical (unpaired) electrons. The maximum absolute atomic E-state index is 3.55. The second-order valence-electron chi connectivity index (χ2n) is 5.55. The largest absolute Gasteiger partial charge is 0.347 e. The Hall–Kier alpha value is -2.06. The average Bonchev–Trinajstić information content (AvgIpc) is 2.88. The van der Waals surface area contributed by atoms with E-state index in [1.807, 2.05) is 0 Å². The first-order chi connectivity index (χ1) is 10.3. The smallest absolute Gasteiger partial charge is 0.0483 e. The summed E-state index contributed by atoms with van der Waals surface area (Å²) in [5.74, 6) is 0. The molecule has 2 heteroatoms. The number of fused-ring (bicyclic) bond motifs is 1. The predicted octanol–water partition coefficient (Wildman–Crippen LogP) is 4.26. The molecule has 0 saturated heterocycles. The van der Waals surface area contributed by atoms with Crippen LogP contribution in [-0.2, 0) is 19.6 Å². The Balaban J connectivity index is 1.72. The molecule has 0 aliphatic heterocycles. The molecule has 0 fully saturated rings. The Morgan fingerprint density at radius 3 is 2.48 bits per heavy atom. The van der Waals surface area contributed by atoms with Crippen molar-refractivity contribution < 1.29 is 0 Å². The summed E-state index contributed by atoms with van der Waals surface area (Å²) in [5, 5.41) is 4.91. The number of hydrogen-bond donors (Lipinski definition) is 1. The van der Waals surface area contributed by atoms with Crippen LogP contribution in [0.2, 0.25) is 0 Å². The number of benzene rings is 2. The van der Waals surface area contributed by atoms with E-state index in [9.17, 15) is 0 Å². The summed E-state index contributed by atoms with van der Waals surface area (Å²) in [7, 11) is 0. The minimum Gasteiger partial charge on any atom is -0.347 e. The lowest BCUT2D eigenvalue weighted by Gasteiger charge is -2.04. The first-order valence-corrected chi connectivity index (χ1v) is 7.61. The van der Waals surface area contributed by atoms with Crippen LogP contribution in [-0.4, -0.2) is 4.57 Å². The topological polar surface area (TPSA) is 17.0 Å². The van der Waals surface area contributed by atoms with Crippen molar-refractivity contribution in [1.29, 1.82) is 0 Å². The van der Waals surface area contributed by atoms with E-state index in [0.717, 1.165) is 19.6 Å². The first-order valence-electron chi connectivity index (χ1n) is 7.61. The molecule has 0 atom stereocenters. The Kier molecular flexibility index (Phi) is 4.07. The fourth-order valence-corrected chi connectivity index (χ4v) is 2.77. The molecule has 0 amide bonds. The number of aryl methyl sites for hydroxylation is 2. The fourth-order valence-electron chi connectivity index (χ4n) is 2.77. The Labute approximate surface area is 126 Å². The van der Waals surface area contributed by atoms with Crippen LogP contribution in [0.25, 0.3) is 10.9 Å². The van der Waals surface area contributed by atoms with Crippen LogP contribution in [0.1, 0.15) is 23.6 Å². The van der Waals surface area contributed by atoms with Crippen molar-refractivity contribution in [2.45, 2.75) is 33.5 Å². The van der Waals surface area contributed by atoms with E-state index < -0.39 is 0 Å². The molecule has 0 unspecified atom stereocenters. The molecule has 0 spiro atoms. The first kappa shape index (κ1) is 13.9. The summed E-state index contributed by atoms with van der Waals surface area (Å²) in [5.41, 5.74) is 5.34. The molecule has 0 aliphatic rings. The molecule has 21 heavy (non-hydrogen) atoms. The molecule has 2 nitrogen and oxygen atoms in total. The van der Waals surface area contributed by atoms with Crippen LogP contribution >= 0.6 is 0 Å². The highest BCUT2D eigenvalue weighted by molar-refractivity contribution is 5.83. The van der Waals surface area contributed by atoms with Crippen molar-refractivity contribution in [2.75, 3.05) is 0 Å². The van der Waals surface area contributed by atoms with Gasteiger partial charge in [-0.25, -0.2) is 0 Å². The second-order valence-corrected chi connectivity index (χ2v) is 5.55. The van der Waals surface area contributed by atoms with E-state index in [1.165, 1.54) is 27.6 Å². The van der Waals surface area contributed by atoms with E-state index >= 15 is 0 Å². The third kappa shape index (κ3) is 3.01. The molecule has 1 aromatic heterocycles. The molecule has 3 aromatic rings. The number of hydrogen-bond acceptors (Lipinski definition) is 1. The number of para-hydroxylation sites is 1. The minimum atomic E-state index is 0.904. The third-order valence-corrected chi connectivity index (χ3v) is 3.98. The van der Waals surface area contributed by atoms with Gasteiger partial charge in [-0.3, -0.25) is 0 Å². The van der Waals surface area contributed by atoms with Crippen molar-refractivity contribution in [3.63, 3.8) is 0 Å². The molecule has 0 saturated carbocycles. The van der Waals surface area contributed by atoms with Crippen LogP contribution in [0.4, 0.5) is 0 Å². The van der Waals surface area contributed by atoms with Crippen molar-refractivity contribution in [3.05, 3.63) is 71.4 Å². The van der Waals surface area contributed by atoms with Gasteiger partial charge in [-0.1, -0.05) is 48.0 Å². The molecule has 3 rings (SSSR count). The summed E-state index contributed by atoms with van der Waals surface area (Å²) in [4.78, 5) is 0. The van der Waals surface area contributed by atoms with Gasteiger partial charge in [0, 0.05) is 36.7 Å². The van der Waals surface area contributed by atoms with Crippen LogP contribution < -0.4 is 5.32 Å². The van der Waals surface area contributed by atoms with Gasteiger partial charge in [0.2, 0.25) is 0 Å². The molecule has 0 bridgehead atoms. The standard InChI is InChI=1S/C19H22N2/c1-3-21-14-17(18-6-4-5-7-19(18)21)13-20-12-16-10-8-15(2)9-11-16/h4-11,14,20H,3,12-13H2,1-2H3. The third-order valence-electron chi connectivity index (χ3n) is 3.98. The predicted molar refractivity (Wildman–Crippen MR) is 89.3 cm³/mol. The normalized spacial score (nSPS) is 11.1. The minimum absolute atomic E-state index is 0.904. The Morgan fingerprint density at radius 2 is 1.71 bits per heavy atom. The highest BCUT2D eigenvalue weighted by atomic mass is 15.0. The number of aromatic nitrogens is 1.